The lowest BCUT2D eigenvalue weighted by atomic mass is 9.77. The second-order valence-corrected chi connectivity index (χ2v) is 5.89. The maximum atomic E-state index is 12.0. The predicted octanol–water partition coefficient (Wildman–Crippen LogP) is 0.893. The molecule has 5 heteroatoms. The molecule has 2 N–H and O–H groups in total. The molecule has 3 fully saturated rings. The highest BCUT2D eigenvalue weighted by atomic mass is 16.2. The van der Waals surface area contributed by atoms with Gasteiger partial charge in [-0.2, -0.15) is 0 Å². The molecule has 0 aliphatic carbocycles. The zero-order valence-electron chi connectivity index (χ0n) is 12.7. The molecule has 0 radical (unpaired) electrons. The molecule has 0 aromatic rings. The van der Waals surface area contributed by atoms with Crippen LogP contribution in [-0.2, 0) is 9.59 Å². The molecule has 20 heavy (non-hydrogen) atoms. The summed E-state index contributed by atoms with van der Waals surface area (Å²) in [5.74, 6) is -0.127. The molecule has 0 saturated carbocycles. The Morgan fingerprint density at radius 1 is 1.20 bits per heavy atom. The summed E-state index contributed by atoms with van der Waals surface area (Å²) in [4.78, 5) is 25.9. The van der Waals surface area contributed by atoms with Gasteiger partial charge in [-0.1, -0.05) is 13.8 Å². The number of carbonyl (C=O) groups excluding carboxylic acids is 2. The highest BCUT2D eigenvalue weighted by Crippen LogP contribution is 2.38. The fourth-order valence-electron chi connectivity index (χ4n) is 3.67. The Labute approximate surface area is 121 Å². The van der Waals surface area contributed by atoms with Crippen molar-refractivity contribution in [3.63, 3.8) is 0 Å². The van der Waals surface area contributed by atoms with Gasteiger partial charge in [-0.25, -0.2) is 0 Å². The van der Waals surface area contributed by atoms with Gasteiger partial charge in [-0.05, 0) is 45.3 Å². The number of piperidine rings is 2. The van der Waals surface area contributed by atoms with E-state index in [9.17, 15) is 9.59 Å². The van der Waals surface area contributed by atoms with Gasteiger partial charge in [0.1, 0.15) is 0 Å². The minimum Gasteiger partial charge on any atom is -0.317 e. The van der Waals surface area contributed by atoms with Gasteiger partial charge in [0.05, 0.1) is 5.41 Å². The van der Waals surface area contributed by atoms with Gasteiger partial charge < -0.3 is 5.32 Å². The molecule has 3 heterocycles. The van der Waals surface area contributed by atoms with E-state index in [-0.39, 0.29) is 11.8 Å². The zero-order chi connectivity index (χ0) is 14.6. The van der Waals surface area contributed by atoms with Gasteiger partial charge in [-0.15, -0.1) is 0 Å². The summed E-state index contributed by atoms with van der Waals surface area (Å²) in [7, 11) is 0. The van der Waals surface area contributed by atoms with E-state index in [4.69, 9.17) is 0 Å². The van der Waals surface area contributed by atoms with Crippen LogP contribution >= 0.6 is 0 Å². The second kappa shape index (κ2) is 6.68. The van der Waals surface area contributed by atoms with Gasteiger partial charge in [0, 0.05) is 19.0 Å². The van der Waals surface area contributed by atoms with Crippen LogP contribution in [0.4, 0.5) is 0 Å². The molecule has 5 nitrogen and oxygen atoms in total. The number of hydrogen-bond donors (Lipinski definition) is 2. The molecule has 1 spiro atoms. The van der Waals surface area contributed by atoms with E-state index in [0.717, 1.165) is 51.9 Å². The fourth-order valence-corrected chi connectivity index (χ4v) is 3.67. The van der Waals surface area contributed by atoms with E-state index in [1.165, 1.54) is 0 Å². The maximum absolute atomic E-state index is 12.0. The quantitative estimate of drug-likeness (QED) is 0.701. The molecule has 3 saturated heterocycles. The van der Waals surface area contributed by atoms with Crippen LogP contribution in [0.15, 0.2) is 0 Å². The number of amides is 2. The van der Waals surface area contributed by atoms with E-state index in [0.29, 0.717) is 12.5 Å². The van der Waals surface area contributed by atoms with E-state index in [1.807, 2.05) is 13.8 Å². The highest BCUT2D eigenvalue weighted by molar-refractivity contribution is 6.06. The Balaban J connectivity index is 0.000000704. The minimum absolute atomic E-state index is 0.0360. The smallest absolute Gasteiger partial charge is 0.234 e. The summed E-state index contributed by atoms with van der Waals surface area (Å²) in [6.07, 6.45) is 4.61. The van der Waals surface area contributed by atoms with E-state index in [2.05, 4.69) is 15.5 Å². The SMILES string of the molecule is CC.O=C1CC2(CCCN(C3CCNCC3)C2)C(=O)N1. The molecule has 3 aliphatic rings. The molecule has 0 aromatic heterocycles. The lowest BCUT2D eigenvalue weighted by Crippen LogP contribution is -2.53. The van der Waals surface area contributed by atoms with Crippen molar-refractivity contribution < 1.29 is 9.59 Å². The third-order valence-electron chi connectivity index (χ3n) is 4.67. The van der Waals surface area contributed by atoms with Crippen molar-refractivity contribution in [1.82, 2.24) is 15.5 Å². The van der Waals surface area contributed by atoms with Gasteiger partial charge >= 0.3 is 0 Å². The molecule has 1 unspecified atom stereocenters. The predicted molar refractivity (Wildman–Crippen MR) is 78.2 cm³/mol. The van der Waals surface area contributed by atoms with Gasteiger partial charge in [0.2, 0.25) is 11.8 Å². The second-order valence-electron chi connectivity index (χ2n) is 5.89. The van der Waals surface area contributed by atoms with Crippen LogP contribution in [0.1, 0.15) is 46.0 Å². The van der Waals surface area contributed by atoms with Crippen LogP contribution in [0, 0.1) is 5.41 Å². The minimum atomic E-state index is -0.416. The van der Waals surface area contributed by atoms with Crippen molar-refractivity contribution in [2.24, 2.45) is 5.41 Å². The standard InChI is InChI=1S/C13H21N3O2.C2H6/c17-11-8-13(12(18)15-11)4-1-7-16(9-13)10-2-5-14-6-3-10;1-2/h10,14H,1-9H2,(H,15,17,18);1-2H3. The van der Waals surface area contributed by atoms with Gasteiger partial charge in [-0.3, -0.25) is 19.8 Å². The fraction of sp³-hybridized carbons (Fsp3) is 0.867. The van der Waals surface area contributed by atoms with Crippen LogP contribution in [0.25, 0.3) is 0 Å². The maximum Gasteiger partial charge on any atom is 0.234 e. The Hall–Kier alpha value is -0.940. The lowest BCUT2D eigenvalue weighted by molar-refractivity contribution is -0.131. The van der Waals surface area contributed by atoms with Gasteiger partial charge in [0.15, 0.2) is 0 Å². The van der Waals surface area contributed by atoms with Crippen molar-refractivity contribution in [3.8, 4) is 0 Å². The number of imide groups is 1. The third-order valence-corrected chi connectivity index (χ3v) is 4.67. The number of hydrogen-bond acceptors (Lipinski definition) is 4. The van der Waals surface area contributed by atoms with Crippen molar-refractivity contribution in [3.05, 3.63) is 0 Å². The lowest BCUT2D eigenvalue weighted by Gasteiger charge is -2.43. The first-order chi connectivity index (χ1) is 9.70. The van der Waals surface area contributed by atoms with Crippen molar-refractivity contribution in [2.45, 2.75) is 52.0 Å². The summed E-state index contributed by atoms with van der Waals surface area (Å²) in [6.45, 7) is 7.99. The van der Waals surface area contributed by atoms with E-state index in [1.54, 1.807) is 0 Å². The first kappa shape index (κ1) is 15.4. The average molecular weight is 281 g/mol. The van der Waals surface area contributed by atoms with Crippen LogP contribution < -0.4 is 10.6 Å². The van der Waals surface area contributed by atoms with Crippen molar-refractivity contribution in [2.75, 3.05) is 26.2 Å². The monoisotopic (exact) mass is 281 g/mol. The third kappa shape index (κ3) is 3.04. The summed E-state index contributed by atoms with van der Waals surface area (Å²) < 4.78 is 0. The van der Waals surface area contributed by atoms with Crippen LogP contribution in [-0.4, -0.2) is 48.9 Å². The summed E-state index contributed by atoms with van der Waals surface area (Å²) >= 11 is 0. The van der Waals surface area contributed by atoms with Crippen LogP contribution in [0.5, 0.6) is 0 Å². The van der Waals surface area contributed by atoms with Gasteiger partial charge in [0.25, 0.3) is 0 Å². The molecular formula is C15H27N3O2. The van der Waals surface area contributed by atoms with Crippen LogP contribution in [0.2, 0.25) is 0 Å². The number of carbonyl (C=O) groups is 2. The zero-order valence-corrected chi connectivity index (χ0v) is 12.7. The number of rotatable bonds is 1. The number of nitrogens with zero attached hydrogens (tertiary/aromatic N) is 1. The first-order valence-corrected chi connectivity index (χ1v) is 7.99. The molecule has 3 aliphatic heterocycles. The van der Waals surface area contributed by atoms with Crippen molar-refractivity contribution >= 4 is 11.8 Å². The Kier molecular flexibility index (Phi) is 5.16. The average Bonchev–Trinajstić information content (AvgIpc) is 2.76. The number of nitrogens with one attached hydrogen (secondary N) is 2. The molecule has 0 aromatic carbocycles. The summed E-state index contributed by atoms with van der Waals surface area (Å²) in [6, 6.07) is 0.590. The summed E-state index contributed by atoms with van der Waals surface area (Å²) in [5.41, 5.74) is -0.416. The normalized spacial score (nSPS) is 31.9. The topological polar surface area (TPSA) is 61.4 Å². The Morgan fingerprint density at radius 3 is 2.50 bits per heavy atom. The Morgan fingerprint density at radius 2 is 1.90 bits per heavy atom. The summed E-state index contributed by atoms with van der Waals surface area (Å²) in [5, 5.41) is 5.85. The van der Waals surface area contributed by atoms with Crippen molar-refractivity contribution in [1.29, 1.82) is 0 Å². The molecule has 2 amide bonds. The molecule has 114 valence electrons. The highest BCUT2D eigenvalue weighted by Gasteiger charge is 2.49. The largest absolute Gasteiger partial charge is 0.317 e. The first-order valence-electron chi connectivity index (χ1n) is 7.99. The number of likely N-dealkylation sites (tertiary alicyclic amines) is 1. The Bertz CT molecular complexity index is 366. The molecule has 1 atom stereocenters. The van der Waals surface area contributed by atoms with E-state index < -0.39 is 5.41 Å². The molecular weight excluding hydrogens is 254 g/mol. The molecule has 3 rings (SSSR count). The van der Waals surface area contributed by atoms with Crippen LogP contribution in [0.3, 0.4) is 0 Å². The van der Waals surface area contributed by atoms with E-state index >= 15 is 0 Å². The molecule has 0 bridgehead atoms.